The van der Waals surface area contributed by atoms with E-state index in [1.54, 1.807) is 30.3 Å². The number of pyridine rings is 1. The van der Waals surface area contributed by atoms with Gasteiger partial charge in [0, 0.05) is 44.7 Å². The van der Waals surface area contributed by atoms with E-state index in [4.69, 9.17) is 11.6 Å². The lowest BCUT2D eigenvalue weighted by molar-refractivity contribution is -0.137. The molecule has 17 heteroatoms. The van der Waals surface area contributed by atoms with Crippen molar-refractivity contribution < 1.29 is 39.6 Å². The molecule has 0 bridgehead atoms. The van der Waals surface area contributed by atoms with E-state index in [1.807, 2.05) is 9.80 Å². The van der Waals surface area contributed by atoms with E-state index in [-0.39, 0.29) is 26.6 Å². The maximum Gasteiger partial charge on any atom is 0.416 e. The average Bonchev–Trinajstić information content (AvgIpc) is 3.66. The van der Waals surface area contributed by atoms with E-state index in [0.717, 1.165) is 12.1 Å². The van der Waals surface area contributed by atoms with E-state index in [2.05, 4.69) is 10.3 Å². The van der Waals surface area contributed by atoms with E-state index >= 15 is 0 Å². The highest BCUT2D eigenvalue weighted by Gasteiger charge is 2.53. The van der Waals surface area contributed by atoms with Crippen molar-refractivity contribution in [2.75, 3.05) is 42.5 Å². The molecular weight excluding hydrogens is 716 g/mol. The van der Waals surface area contributed by atoms with Crippen LogP contribution in [0, 0.1) is 5.82 Å². The number of benzene rings is 2. The summed E-state index contributed by atoms with van der Waals surface area (Å²) in [6.45, 7) is 0.307. The summed E-state index contributed by atoms with van der Waals surface area (Å²) in [5, 5.41) is 2.56. The van der Waals surface area contributed by atoms with Crippen molar-refractivity contribution in [1.29, 1.82) is 0 Å². The summed E-state index contributed by atoms with van der Waals surface area (Å²) in [6.07, 6.45) is -5.57. The summed E-state index contributed by atoms with van der Waals surface area (Å²) in [7, 11) is -4.47. The Kier molecular flexibility index (Phi) is 9.61. The molecule has 2 aromatic heterocycles. The first-order chi connectivity index (χ1) is 23.1. The second-order valence-electron chi connectivity index (χ2n) is 11.6. The Hall–Kier alpha value is -3.86. The first-order valence-electron chi connectivity index (χ1n) is 15.0. The number of aromatic nitrogens is 1. The molecule has 1 atom stereocenters. The third-order valence-corrected chi connectivity index (χ3v) is 11.8. The Morgan fingerprint density at radius 1 is 0.980 bits per heavy atom. The number of amides is 1. The zero-order valence-corrected chi connectivity index (χ0v) is 27.8. The normalized spacial score (nSPS) is 18.6. The molecule has 0 unspecified atom stereocenters. The molecule has 0 radical (unpaired) electrons. The van der Waals surface area contributed by atoms with Crippen LogP contribution in [0.3, 0.4) is 0 Å². The maximum atomic E-state index is 14.6. The lowest BCUT2D eigenvalue weighted by Crippen LogP contribution is -2.47. The molecule has 4 heterocycles. The molecular formula is C32H28ClF6N5O3S2. The summed E-state index contributed by atoms with van der Waals surface area (Å²) in [6, 6.07) is 14.8. The summed E-state index contributed by atoms with van der Waals surface area (Å²) in [5.74, 6) is -4.33. The second-order valence-corrected chi connectivity index (χ2v) is 15.5. The van der Waals surface area contributed by atoms with Crippen LogP contribution < -0.4 is 15.1 Å². The Labute approximate surface area is 287 Å². The van der Waals surface area contributed by atoms with Crippen molar-refractivity contribution >= 4 is 50.4 Å². The number of nitrogens with zero attached hydrogens (tertiary/aromatic N) is 4. The quantitative estimate of drug-likeness (QED) is 0.203. The van der Waals surface area contributed by atoms with E-state index in [9.17, 15) is 39.6 Å². The molecule has 0 aliphatic carbocycles. The molecule has 1 N–H and O–H groups in total. The summed E-state index contributed by atoms with van der Waals surface area (Å²) < 4.78 is 110. The van der Waals surface area contributed by atoms with E-state index < -0.39 is 52.6 Å². The van der Waals surface area contributed by atoms with Crippen molar-refractivity contribution in [3.63, 3.8) is 0 Å². The molecule has 2 aromatic carbocycles. The fourth-order valence-corrected chi connectivity index (χ4v) is 9.05. The highest BCUT2D eigenvalue weighted by molar-refractivity contribution is 7.91. The molecule has 2 fully saturated rings. The van der Waals surface area contributed by atoms with Gasteiger partial charge in [-0.25, -0.2) is 26.6 Å². The largest absolute Gasteiger partial charge is 0.416 e. The van der Waals surface area contributed by atoms with Crippen molar-refractivity contribution in [2.24, 2.45) is 0 Å². The molecule has 260 valence electrons. The Balaban J connectivity index is 1.25. The fraction of sp³-hybridized carbons (Fsp3) is 0.312. The summed E-state index contributed by atoms with van der Waals surface area (Å²) >= 11 is 6.56. The van der Waals surface area contributed by atoms with Crippen LogP contribution in [0.1, 0.15) is 17.5 Å². The van der Waals surface area contributed by atoms with Gasteiger partial charge >= 0.3 is 6.18 Å². The molecule has 49 heavy (non-hydrogen) atoms. The van der Waals surface area contributed by atoms with Gasteiger partial charge in [0.05, 0.1) is 27.8 Å². The molecule has 0 saturated carbocycles. The molecule has 4 aromatic rings. The molecule has 1 amide bonds. The number of carbonyl (C=O) groups is 1. The number of hydrogen-bond donors (Lipinski definition) is 1. The highest BCUT2D eigenvalue weighted by atomic mass is 35.5. The minimum absolute atomic E-state index is 0.136. The number of piperazine rings is 1. The van der Waals surface area contributed by atoms with Gasteiger partial charge in [-0.05, 0) is 54.1 Å². The topological polar surface area (TPSA) is 85.8 Å². The van der Waals surface area contributed by atoms with E-state index in [0.29, 0.717) is 64.5 Å². The number of halogens is 7. The van der Waals surface area contributed by atoms with Crippen molar-refractivity contribution in [3.05, 3.63) is 94.1 Å². The fourth-order valence-electron chi connectivity index (χ4n) is 5.82. The van der Waals surface area contributed by atoms with Gasteiger partial charge in [0.25, 0.3) is 15.9 Å². The summed E-state index contributed by atoms with van der Waals surface area (Å²) in [5.41, 5.74) is 0.691. The van der Waals surface area contributed by atoms with Gasteiger partial charge in [0.15, 0.2) is 0 Å². The second kappa shape index (κ2) is 13.5. The molecule has 2 aliphatic rings. The Morgan fingerprint density at radius 2 is 1.65 bits per heavy atom. The third kappa shape index (κ3) is 7.66. The van der Waals surface area contributed by atoms with Crippen molar-refractivity contribution in [2.45, 2.75) is 35.3 Å². The van der Waals surface area contributed by atoms with E-state index in [1.165, 1.54) is 30.3 Å². The average molecular weight is 744 g/mol. The molecule has 2 aliphatic heterocycles. The monoisotopic (exact) mass is 743 g/mol. The number of thiophene rings is 1. The van der Waals surface area contributed by atoms with Crippen LogP contribution in [0.4, 0.5) is 37.8 Å². The van der Waals surface area contributed by atoms with Gasteiger partial charge in [-0.3, -0.25) is 4.79 Å². The number of alkyl halides is 5. The highest BCUT2D eigenvalue weighted by Crippen LogP contribution is 2.38. The van der Waals surface area contributed by atoms with Crippen LogP contribution >= 0.6 is 22.9 Å². The predicted octanol–water partition coefficient (Wildman–Crippen LogP) is 6.66. The van der Waals surface area contributed by atoms with Crippen LogP contribution in [0.2, 0.25) is 4.34 Å². The SMILES string of the molecule is O=C(NCc1cc(-c2ccc(C(F)(F)F)cc2)nc(N2CCN(c3ccccc3F)CC2)c1)[C@@H]1CC(F)(F)CN1S(=O)(=O)c1ccc(Cl)s1. The number of rotatable bonds is 8. The van der Waals surface area contributed by atoms with Gasteiger partial charge in [-0.2, -0.15) is 17.5 Å². The minimum Gasteiger partial charge on any atom is -0.366 e. The van der Waals surface area contributed by atoms with Crippen LogP contribution in [0.15, 0.2) is 77.0 Å². The predicted molar refractivity (Wildman–Crippen MR) is 174 cm³/mol. The first-order valence-corrected chi connectivity index (χ1v) is 17.6. The van der Waals surface area contributed by atoms with Gasteiger partial charge in [0.2, 0.25) is 5.91 Å². The lowest BCUT2D eigenvalue weighted by Gasteiger charge is -2.37. The number of sulfonamides is 1. The third-order valence-electron chi connectivity index (χ3n) is 8.28. The standard InChI is InChI=1S/C32H28ClF6N5O3S2/c33-27-9-10-29(48-27)49(46,47)44-19-31(35,36)17-26(44)30(45)40-18-20-15-24(21-5-7-22(8-6-21)32(37,38)39)41-28(16-20)43-13-11-42(12-14-43)25-4-2-1-3-23(25)34/h1-10,15-16,26H,11-14,17-19H2,(H,40,45)/t26-/m0/s1. The number of para-hydroxylation sites is 1. The maximum absolute atomic E-state index is 14.6. The van der Waals surface area contributed by atoms with Gasteiger partial charge in [-0.1, -0.05) is 35.9 Å². The molecule has 6 rings (SSSR count). The van der Waals surface area contributed by atoms with Crippen molar-refractivity contribution in [3.8, 4) is 11.3 Å². The van der Waals surface area contributed by atoms with Crippen LogP contribution in [0.5, 0.6) is 0 Å². The van der Waals surface area contributed by atoms with Crippen LogP contribution in [-0.4, -0.2) is 68.3 Å². The summed E-state index contributed by atoms with van der Waals surface area (Å²) in [4.78, 5) is 21.8. The van der Waals surface area contributed by atoms with Crippen molar-refractivity contribution in [1.82, 2.24) is 14.6 Å². The van der Waals surface area contributed by atoms with Crippen LogP contribution in [-0.2, 0) is 27.5 Å². The van der Waals surface area contributed by atoms with Gasteiger partial charge in [-0.15, -0.1) is 11.3 Å². The number of anilines is 2. The zero-order valence-electron chi connectivity index (χ0n) is 25.4. The molecule has 2 saturated heterocycles. The zero-order chi connectivity index (χ0) is 35.1. The number of hydrogen-bond acceptors (Lipinski definition) is 7. The minimum atomic E-state index is -4.55. The van der Waals surface area contributed by atoms with Crippen LogP contribution in [0.25, 0.3) is 11.3 Å². The molecule has 8 nitrogen and oxygen atoms in total. The Bertz CT molecular complexity index is 1950. The van der Waals surface area contributed by atoms with Gasteiger partial charge in [0.1, 0.15) is 21.9 Å². The number of nitrogens with one attached hydrogen (secondary N) is 1. The number of carbonyl (C=O) groups excluding carboxylic acids is 1. The lowest BCUT2D eigenvalue weighted by atomic mass is 10.1. The smallest absolute Gasteiger partial charge is 0.366 e. The molecule has 0 spiro atoms. The first kappa shape index (κ1) is 35.0. The Morgan fingerprint density at radius 3 is 2.29 bits per heavy atom. The van der Waals surface area contributed by atoms with Gasteiger partial charge < -0.3 is 15.1 Å².